The molecule has 0 saturated carbocycles. The first-order valence-electron chi connectivity index (χ1n) is 11.3. The van der Waals surface area contributed by atoms with Crippen LogP contribution < -0.4 is 14.8 Å². The first kappa shape index (κ1) is 23.5. The molecule has 8 nitrogen and oxygen atoms in total. The van der Waals surface area contributed by atoms with Gasteiger partial charge < -0.3 is 19.5 Å². The van der Waals surface area contributed by atoms with Crippen LogP contribution in [0.5, 0.6) is 11.5 Å². The number of carbonyl (C=O) groups excluding carboxylic acids is 2. The van der Waals surface area contributed by atoms with Gasteiger partial charge in [-0.15, -0.1) is 0 Å². The fourth-order valence-electron chi connectivity index (χ4n) is 4.27. The molecular formula is C26H29N3O5. The van der Waals surface area contributed by atoms with Gasteiger partial charge in [-0.3, -0.25) is 14.7 Å². The summed E-state index contributed by atoms with van der Waals surface area (Å²) in [5.41, 5.74) is 3.55. The number of carbonyl (C=O) groups is 2. The van der Waals surface area contributed by atoms with E-state index in [0.29, 0.717) is 29.3 Å². The zero-order valence-electron chi connectivity index (χ0n) is 19.7. The molecule has 2 heterocycles. The lowest BCUT2D eigenvalue weighted by Crippen LogP contribution is -2.33. The van der Waals surface area contributed by atoms with Crippen molar-refractivity contribution < 1.29 is 23.8 Å². The number of pyridine rings is 1. The third-order valence-corrected chi connectivity index (χ3v) is 5.84. The maximum atomic E-state index is 13.3. The van der Waals surface area contributed by atoms with Gasteiger partial charge in [0.15, 0.2) is 6.61 Å². The number of nitrogens with zero attached hydrogens (tertiary/aromatic N) is 2. The maximum absolute atomic E-state index is 13.3. The van der Waals surface area contributed by atoms with Crippen LogP contribution in [0.4, 0.5) is 5.69 Å². The molecule has 1 aromatic heterocycles. The summed E-state index contributed by atoms with van der Waals surface area (Å²) >= 11 is 0. The lowest BCUT2D eigenvalue weighted by molar-refractivity contribution is -0.119. The molecule has 0 bridgehead atoms. The summed E-state index contributed by atoms with van der Waals surface area (Å²) in [4.78, 5) is 32.9. The Morgan fingerprint density at radius 3 is 2.53 bits per heavy atom. The number of esters is 1. The molecule has 8 heteroatoms. The first-order chi connectivity index (χ1) is 16.5. The molecule has 1 N–H and O–H groups in total. The maximum Gasteiger partial charge on any atom is 0.339 e. The van der Waals surface area contributed by atoms with E-state index in [1.807, 2.05) is 24.3 Å². The smallest absolute Gasteiger partial charge is 0.339 e. The average molecular weight is 464 g/mol. The standard InChI is InChI=1S/C26H29N3O5/c1-4-10-29-11-9-23-21(15-29)25(20-7-5-6-8-22(20)28-23)26(31)34-16-24(30)27-17-12-18(32-2)14-19(13-17)33-3/h5-8,12-14H,4,9-11,15-16H2,1-3H3,(H,27,30). The molecule has 4 rings (SSSR count). The van der Waals surface area contributed by atoms with Crippen LogP contribution in [0.2, 0.25) is 0 Å². The molecule has 0 unspecified atom stereocenters. The van der Waals surface area contributed by atoms with Crippen molar-refractivity contribution >= 4 is 28.5 Å². The number of para-hydroxylation sites is 1. The zero-order chi connectivity index (χ0) is 24.1. The summed E-state index contributed by atoms with van der Waals surface area (Å²) in [5.74, 6) is 0.103. The van der Waals surface area contributed by atoms with Gasteiger partial charge in [0, 0.05) is 60.0 Å². The number of hydrogen-bond donors (Lipinski definition) is 1. The van der Waals surface area contributed by atoms with Gasteiger partial charge in [-0.1, -0.05) is 25.1 Å². The van der Waals surface area contributed by atoms with Crippen molar-refractivity contribution in [1.29, 1.82) is 0 Å². The molecule has 3 aromatic rings. The van der Waals surface area contributed by atoms with Gasteiger partial charge in [-0.05, 0) is 19.0 Å². The van der Waals surface area contributed by atoms with Crippen LogP contribution in [0.25, 0.3) is 10.9 Å². The van der Waals surface area contributed by atoms with E-state index in [1.54, 1.807) is 18.2 Å². The van der Waals surface area contributed by atoms with Crippen molar-refractivity contribution in [2.75, 3.05) is 39.2 Å². The van der Waals surface area contributed by atoms with Crippen molar-refractivity contribution in [2.45, 2.75) is 26.3 Å². The fraction of sp³-hybridized carbons (Fsp3) is 0.346. The molecule has 0 spiro atoms. The predicted molar refractivity (Wildman–Crippen MR) is 129 cm³/mol. The Morgan fingerprint density at radius 1 is 1.09 bits per heavy atom. The van der Waals surface area contributed by atoms with Crippen molar-refractivity contribution in [3.05, 3.63) is 59.3 Å². The number of ether oxygens (including phenoxy) is 3. The lowest BCUT2D eigenvalue weighted by atomic mass is 9.95. The summed E-state index contributed by atoms with van der Waals surface area (Å²) in [6, 6.07) is 12.6. The summed E-state index contributed by atoms with van der Waals surface area (Å²) in [6.45, 7) is 4.23. The molecular weight excluding hydrogens is 434 g/mol. The molecule has 34 heavy (non-hydrogen) atoms. The van der Waals surface area contributed by atoms with Crippen molar-refractivity contribution in [3.8, 4) is 11.5 Å². The molecule has 178 valence electrons. The minimum absolute atomic E-state index is 0.414. The number of methoxy groups -OCH3 is 2. The van der Waals surface area contributed by atoms with Crippen LogP contribution >= 0.6 is 0 Å². The number of anilines is 1. The van der Waals surface area contributed by atoms with E-state index in [-0.39, 0.29) is 0 Å². The third kappa shape index (κ3) is 5.12. The van der Waals surface area contributed by atoms with Gasteiger partial charge in [-0.2, -0.15) is 0 Å². The molecule has 2 aromatic carbocycles. The molecule has 1 aliphatic heterocycles. The third-order valence-electron chi connectivity index (χ3n) is 5.84. The number of rotatable bonds is 8. The van der Waals surface area contributed by atoms with Gasteiger partial charge in [-0.25, -0.2) is 4.79 Å². The van der Waals surface area contributed by atoms with E-state index >= 15 is 0 Å². The highest BCUT2D eigenvalue weighted by molar-refractivity contribution is 6.06. The minimum atomic E-state index is -0.522. The highest BCUT2D eigenvalue weighted by Gasteiger charge is 2.26. The monoisotopic (exact) mass is 463 g/mol. The second kappa shape index (κ2) is 10.5. The van der Waals surface area contributed by atoms with E-state index in [2.05, 4.69) is 17.1 Å². The van der Waals surface area contributed by atoms with Crippen LogP contribution in [-0.4, -0.2) is 55.7 Å². The van der Waals surface area contributed by atoms with Crippen molar-refractivity contribution in [2.24, 2.45) is 0 Å². The summed E-state index contributed by atoms with van der Waals surface area (Å²) in [5, 5.41) is 3.46. The van der Waals surface area contributed by atoms with E-state index in [1.165, 1.54) is 14.2 Å². The van der Waals surface area contributed by atoms with Gasteiger partial charge in [0.05, 0.1) is 25.3 Å². The molecule has 0 atom stereocenters. The van der Waals surface area contributed by atoms with Gasteiger partial charge in [0.25, 0.3) is 5.91 Å². The van der Waals surface area contributed by atoms with Crippen LogP contribution in [0.15, 0.2) is 42.5 Å². The lowest BCUT2D eigenvalue weighted by Gasteiger charge is -2.29. The molecule has 1 amide bonds. The van der Waals surface area contributed by atoms with E-state index < -0.39 is 18.5 Å². The van der Waals surface area contributed by atoms with Crippen LogP contribution in [0.1, 0.15) is 35.0 Å². The van der Waals surface area contributed by atoms with Gasteiger partial charge in [0.1, 0.15) is 11.5 Å². The molecule has 0 saturated heterocycles. The summed E-state index contributed by atoms with van der Waals surface area (Å²) in [7, 11) is 3.06. The SMILES string of the molecule is CCCN1CCc2nc3ccccc3c(C(=O)OCC(=O)Nc3cc(OC)cc(OC)c3)c2C1. The predicted octanol–water partition coefficient (Wildman–Crippen LogP) is 3.82. The quantitative estimate of drug-likeness (QED) is 0.508. The van der Waals surface area contributed by atoms with Gasteiger partial charge >= 0.3 is 5.97 Å². The number of fused-ring (bicyclic) bond motifs is 2. The van der Waals surface area contributed by atoms with E-state index in [4.69, 9.17) is 19.2 Å². The first-order valence-corrected chi connectivity index (χ1v) is 11.3. The minimum Gasteiger partial charge on any atom is -0.497 e. The second-order valence-electron chi connectivity index (χ2n) is 8.18. The topological polar surface area (TPSA) is 90.0 Å². The highest BCUT2D eigenvalue weighted by atomic mass is 16.5. The largest absolute Gasteiger partial charge is 0.497 e. The number of hydrogen-bond acceptors (Lipinski definition) is 7. The molecule has 0 radical (unpaired) electrons. The Kier molecular flexibility index (Phi) is 7.27. The van der Waals surface area contributed by atoms with E-state index in [9.17, 15) is 9.59 Å². The number of nitrogens with one attached hydrogen (secondary N) is 1. The molecule has 0 fully saturated rings. The molecule has 1 aliphatic rings. The normalized spacial score (nSPS) is 13.3. The second-order valence-corrected chi connectivity index (χ2v) is 8.18. The van der Waals surface area contributed by atoms with Crippen LogP contribution in [0, 0.1) is 0 Å². The number of amides is 1. The summed E-state index contributed by atoms with van der Waals surface area (Å²) < 4.78 is 15.9. The summed E-state index contributed by atoms with van der Waals surface area (Å²) in [6.07, 6.45) is 1.81. The zero-order valence-corrected chi connectivity index (χ0v) is 19.7. The average Bonchev–Trinajstić information content (AvgIpc) is 2.85. The number of benzene rings is 2. The van der Waals surface area contributed by atoms with Crippen LogP contribution in [-0.2, 0) is 22.5 Å². The van der Waals surface area contributed by atoms with Gasteiger partial charge in [0.2, 0.25) is 0 Å². The fourth-order valence-corrected chi connectivity index (χ4v) is 4.27. The highest BCUT2D eigenvalue weighted by Crippen LogP contribution is 2.29. The van der Waals surface area contributed by atoms with Crippen LogP contribution in [0.3, 0.4) is 0 Å². The Hall–Kier alpha value is -3.65. The van der Waals surface area contributed by atoms with E-state index in [0.717, 1.165) is 48.1 Å². The number of aromatic nitrogens is 1. The molecule has 0 aliphatic carbocycles. The Balaban J connectivity index is 1.54. The Morgan fingerprint density at radius 2 is 1.82 bits per heavy atom. The van der Waals surface area contributed by atoms with Crippen molar-refractivity contribution in [3.63, 3.8) is 0 Å². The van der Waals surface area contributed by atoms with Crippen molar-refractivity contribution in [1.82, 2.24) is 9.88 Å². The Bertz CT molecular complexity index is 1190. The Labute approximate surface area is 198 Å².